The maximum Gasteiger partial charge on any atom is 0.404 e. The van der Waals surface area contributed by atoms with Gasteiger partial charge in [-0.25, -0.2) is 13.6 Å². The van der Waals surface area contributed by atoms with Crippen LogP contribution in [0.1, 0.15) is 31.3 Å². The molecular formula is C17H7F2N3O5. The van der Waals surface area contributed by atoms with Crippen LogP contribution in [0.3, 0.4) is 0 Å². The summed E-state index contributed by atoms with van der Waals surface area (Å²) in [6, 6.07) is 9.19. The van der Waals surface area contributed by atoms with E-state index < -0.39 is 41.1 Å². The van der Waals surface area contributed by atoms with E-state index >= 15 is 0 Å². The molecule has 0 N–H and O–H groups in total. The van der Waals surface area contributed by atoms with Gasteiger partial charge >= 0.3 is 5.97 Å². The molecule has 0 saturated heterocycles. The maximum absolute atomic E-state index is 13.8. The van der Waals surface area contributed by atoms with Gasteiger partial charge in [0.25, 0.3) is 23.5 Å². The Hall–Kier alpha value is -3.95. The number of imide groups is 1. The van der Waals surface area contributed by atoms with Crippen molar-refractivity contribution >= 4 is 17.8 Å². The first-order valence-electron chi connectivity index (χ1n) is 7.45. The quantitative estimate of drug-likeness (QED) is 0.651. The van der Waals surface area contributed by atoms with E-state index in [1.807, 2.05) is 0 Å². The summed E-state index contributed by atoms with van der Waals surface area (Å²) in [6.07, 6.45) is 0. The van der Waals surface area contributed by atoms with Crippen molar-refractivity contribution in [2.24, 2.45) is 0 Å². The molecule has 1 aliphatic heterocycles. The third kappa shape index (κ3) is 2.63. The van der Waals surface area contributed by atoms with Gasteiger partial charge in [0.2, 0.25) is 0 Å². The Morgan fingerprint density at radius 1 is 0.963 bits per heavy atom. The van der Waals surface area contributed by atoms with E-state index in [0.29, 0.717) is 0 Å². The average Bonchev–Trinajstić information content (AvgIpc) is 3.24. The minimum atomic E-state index is -1.28. The van der Waals surface area contributed by atoms with E-state index in [1.165, 1.54) is 24.3 Å². The molecule has 4 rings (SSSR count). The van der Waals surface area contributed by atoms with Gasteiger partial charge in [-0.05, 0) is 29.4 Å². The number of hydroxylamine groups is 2. The number of hydrogen-bond acceptors (Lipinski definition) is 7. The number of fused-ring (bicyclic) bond motifs is 1. The molecule has 0 radical (unpaired) electrons. The van der Waals surface area contributed by atoms with Crippen LogP contribution < -0.4 is 0 Å². The lowest BCUT2D eigenvalue weighted by Gasteiger charge is -2.10. The third-order valence-corrected chi connectivity index (χ3v) is 3.72. The van der Waals surface area contributed by atoms with Crippen molar-refractivity contribution in [3.05, 3.63) is 71.1 Å². The molecule has 2 aromatic carbocycles. The Labute approximate surface area is 148 Å². The molecule has 0 fully saturated rings. The highest BCUT2D eigenvalue weighted by Crippen LogP contribution is 2.25. The Bertz CT molecular complexity index is 1080. The number of aromatic nitrogens is 2. The number of carbonyl (C=O) groups is 3. The summed E-state index contributed by atoms with van der Waals surface area (Å²) < 4.78 is 31.8. The molecule has 2 amide bonds. The summed E-state index contributed by atoms with van der Waals surface area (Å²) in [7, 11) is 0. The molecule has 134 valence electrons. The number of hydrogen-bond donors (Lipinski definition) is 0. The van der Waals surface area contributed by atoms with Crippen molar-refractivity contribution in [1.29, 1.82) is 0 Å². The second-order valence-corrected chi connectivity index (χ2v) is 5.35. The van der Waals surface area contributed by atoms with Crippen molar-refractivity contribution in [3.8, 4) is 11.5 Å². The van der Waals surface area contributed by atoms with Crippen LogP contribution in [0.25, 0.3) is 11.5 Å². The fourth-order valence-electron chi connectivity index (χ4n) is 2.46. The highest BCUT2D eigenvalue weighted by atomic mass is 19.2. The lowest BCUT2D eigenvalue weighted by atomic mass is 10.1. The molecule has 0 atom stereocenters. The summed E-state index contributed by atoms with van der Waals surface area (Å²) in [5.41, 5.74) is -0.209. The minimum Gasteiger partial charge on any atom is -0.333 e. The zero-order chi connectivity index (χ0) is 19.1. The fourth-order valence-corrected chi connectivity index (χ4v) is 2.46. The molecule has 0 spiro atoms. The number of halogens is 2. The largest absolute Gasteiger partial charge is 0.404 e. The topological polar surface area (TPSA) is 103 Å². The zero-order valence-electron chi connectivity index (χ0n) is 13.2. The molecule has 10 heteroatoms. The first-order chi connectivity index (χ1) is 13.0. The molecule has 0 unspecified atom stereocenters. The number of benzene rings is 2. The van der Waals surface area contributed by atoms with E-state index in [2.05, 4.69) is 10.1 Å². The summed E-state index contributed by atoms with van der Waals surface area (Å²) in [5, 5.41) is 3.58. The van der Waals surface area contributed by atoms with Gasteiger partial charge in [-0.1, -0.05) is 23.3 Å². The smallest absolute Gasteiger partial charge is 0.333 e. The normalized spacial score (nSPS) is 13.0. The first kappa shape index (κ1) is 16.5. The predicted molar refractivity (Wildman–Crippen MR) is 82.0 cm³/mol. The molecule has 27 heavy (non-hydrogen) atoms. The van der Waals surface area contributed by atoms with E-state index in [0.717, 1.165) is 6.07 Å². The number of nitrogens with zero attached hydrogens (tertiary/aromatic N) is 3. The van der Waals surface area contributed by atoms with E-state index in [-0.39, 0.29) is 21.8 Å². The summed E-state index contributed by atoms with van der Waals surface area (Å²) in [4.78, 5) is 44.8. The number of amides is 2. The third-order valence-electron chi connectivity index (χ3n) is 3.72. The Morgan fingerprint density at radius 2 is 1.59 bits per heavy atom. The molecule has 2 heterocycles. The first-order valence-corrected chi connectivity index (χ1v) is 7.45. The Morgan fingerprint density at radius 3 is 2.26 bits per heavy atom. The summed E-state index contributed by atoms with van der Waals surface area (Å²) in [6.45, 7) is 0. The predicted octanol–water partition coefficient (Wildman–Crippen LogP) is 2.38. The van der Waals surface area contributed by atoms with Crippen molar-refractivity contribution in [1.82, 2.24) is 15.2 Å². The minimum absolute atomic E-state index is 0.0749. The van der Waals surface area contributed by atoms with Gasteiger partial charge in [0.15, 0.2) is 11.6 Å². The van der Waals surface area contributed by atoms with Crippen LogP contribution in [0, 0.1) is 11.6 Å². The van der Waals surface area contributed by atoms with Crippen LogP contribution in [-0.2, 0) is 4.84 Å². The number of carbonyl (C=O) groups excluding carboxylic acids is 3. The van der Waals surface area contributed by atoms with Crippen LogP contribution in [0.2, 0.25) is 0 Å². The molecule has 0 aliphatic carbocycles. The second-order valence-electron chi connectivity index (χ2n) is 5.35. The molecule has 1 aliphatic rings. The summed E-state index contributed by atoms with van der Waals surface area (Å²) in [5.74, 6) is -6.46. The van der Waals surface area contributed by atoms with Gasteiger partial charge in [0, 0.05) is 0 Å². The van der Waals surface area contributed by atoms with Gasteiger partial charge in [-0.3, -0.25) is 9.59 Å². The molecule has 3 aromatic rings. The van der Waals surface area contributed by atoms with Crippen molar-refractivity contribution in [2.75, 3.05) is 0 Å². The lowest BCUT2D eigenvalue weighted by Crippen LogP contribution is -2.33. The molecule has 0 saturated carbocycles. The van der Waals surface area contributed by atoms with Crippen LogP contribution >= 0.6 is 0 Å². The van der Waals surface area contributed by atoms with E-state index in [9.17, 15) is 23.2 Å². The Kier molecular flexibility index (Phi) is 3.73. The highest BCUT2D eigenvalue weighted by molar-refractivity contribution is 6.21. The molecule has 0 bridgehead atoms. The van der Waals surface area contributed by atoms with E-state index in [4.69, 9.17) is 9.36 Å². The van der Waals surface area contributed by atoms with Crippen molar-refractivity contribution in [3.63, 3.8) is 0 Å². The SMILES string of the molecule is O=C(ON1C(=O)c2ccccc2C1=O)c1noc(-c2cccc(F)c2F)n1. The average molecular weight is 371 g/mol. The number of rotatable bonds is 3. The maximum atomic E-state index is 13.8. The van der Waals surface area contributed by atoms with Gasteiger partial charge < -0.3 is 9.36 Å². The van der Waals surface area contributed by atoms with Crippen molar-refractivity contribution < 1.29 is 32.5 Å². The highest BCUT2D eigenvalue weighted by Gasteiger charge is 2.39. The van der Waals surface area contributed by atoms with Gasteiger partial charge in [0.1, 0.15) is 0 Å². The molecule has 8 nitrogen and oxygen atoms in total. The van der Waals surface area contributed by atoms with Crippen LogP contribution in [0.5, 0.6) is 0 Å². The molecular weight excluding hydrogens is 364 g/mol. The fraction of sp³-hybridized carbons (Fsp3) is 0. The standard InChI is InChI=1S/C17H7F2N3O5/c18-11-7-3-6-10(12(11)19)14-20-13(21-26-14)17(25)27-22-15(23)8-4-1-2-5-9(8)16(22)24/h1-7H. The van der Waals surface area contributed by atoms with Crippen LogP contribution in [0.4, 0.5) is 8.78 Å². The second kappa shape index (κ2) is 6.09. The summed E-state index contributed by atoms with van der Waals surface area (Å²) >= 11 is 0. The monoisotopic (exact) mass is 371 g/mol. The van der Waals surface area contributed by atoms with Crippen molar-refractivity contribution in [2.45, 2.75) is 0 Å². The van der Waals surface area contributed by atoms with Crippen LogP contribution in [-0.4, -0.2) is 33.0 Å². The van der Waals surface area contributed by atoms with E-state index in [1.54, 1.807) is 12.1 Å². The Balaban J connectivity index is 1.57. The van der Waals surface area contributed by atoms with Gasteiger partial charge in [-0.2, -0.15) is 4.98 Å². The molecule has 1 aromatic heterocycles. The van der Waals surface area contributed by atoms with Gasteiger partial charge in [0.05, 0.1) is 16.7 Å². The van der Waals surface area contributed by atoms with Crippen LogP contribution in [0.15, 0.2) is 47.0 Å². The van der Waals surface area contributed by atoms with Gasteiger partial charge in [-0.15, -0.1) is 0 Å². The zero-order valence-corrected chi connectivity index (χ0v) is 13.2. The lowest BCUT2D eigenvalue weighted by molar-refractivity contribution is -0.0594.